The van der Waals surface area contributed by atoms with Gasteiger partial charge in [-0.3, -0.25) is 4.57 Å². The summed E-state index contributed by atoms with van der Waals surface area (Å²) in [5, 5.41) is 20.0. The Balaban J connectivity index is 2.37. The molecule has 128 valence electrons. The van der Waals surface area contributed by atoms with Crippen molar-refractivity contribution < 1.29 is 29.2 Å². The van der Waals surface area contributed by atoms with Crippen molar-refractivity contribution in [3.63, 3.8) is 0 Å². The molecule has 1 heterocycles. The lowest BCUT2D eigenvalue weighted by molar-refractivity contribution is -0.138. The number of carbonyl (C=O) groups is 1. The van der Waals surface area contributed by atoms with E-state index in [0.717, 1.165) is 6.26 Å². The van der Waals surface area contributed by atoms with Crippen LogP contribution in [0.1, 0.15) is 5.56 Å². The number of aromatic nitrogens is 1. The third-order valence-electron chi connectivity index (χ3n) is 3.12. The Hall–Kier alpha value is -2.80. The van der Waals surface area contributed by atoms with Crippen molar-refractivity contribution in [1.82, 2.24) is 4.57 Å². The lowest BCUT2D eigenvalue weighted by Crippen LogP contribution is -2.12. The molecule has 0 aliphatic carbocycles. The van der Waals surface area contributed by atoms with E-state index in [1.54, 1.807) is 18.2 Å². The SMILES string of the molecule is COC=C(Oc1ccc(Cl)cc1Cn1c(O)ccc1O)C(=O)OC. The standard InChI is InChI=1S/C16H16ClNO6/c1-22-9-13(16(21)23-2)24-12-4-3-11(17)7-10(12)8-18-14(19)5-6-15(18)20/h3-7,9,19-20H,8H2,1-2H3. The van der Waals surface area contributed by atoms with Crippen molar-refractivity contribution in [1.29, 1.82) is 0 Å². The monoisotopic (exact) mass is 353 g/mol. The van der Waals surface area contributed by atoms with Gasteiger partial charge in [-0.2, -0.15) is 0 Å². The highest BCUT2D eigenvalue weighted by Crippen LogP contribution is 2.29. The van der Waals surface area contributed by atoms with Crippen molar-refractivity contribution in [2.45, 2.75) is 6.54 Å². The van der Waals surface area contributed by atoms with Crippen LogP contribution in [-0.4, -0.2) is 35.0 Å². The summed E-state index contributed by atoms with van der Waals surface area (Å²) in [5.41, 5.74) is 0.523. The van der Waals surface area contributed by atoms with E-state index >= 15 is 0 Å². The number of esters is 1. The van der Waals surface area contributed by atoms with Gasteiger partial charge in [0.05, 0.1) is 20.8 Å². The van der Waals surface area contributed by atoms with Gasteiger partial charge in [-0.25, -0.2) is 4.79 Å². The van der Waals surface area contributed by atoms with Crippen molar-refractivity contribution in [2.75, 3.05) is 14.2 Å². The number of carbonyl (C=O) groups excluding carboxylic acids is 1. The summed E-state index contributed by atoms with van der Waals surface area (Å²) in [4.78, 5) is 11.7. The first-order chi connectivity index (χ1) is 11.5. The second-order valence-electron chi connectivity index (χ2n) is 4.70. The molecular formula is C16H16ClNO6. The Morgan fingerprint density at radius 1 is 1.21 bits per heavy atom. The van der Waals surface area contributed by atoms with Crippen molar-refractivity contribution in [3.8, 4) is 17.5 Å². The van der Waals surface area contributed by atoms with E-state index in [1.165, 1.54) is 30.9 Å². The number of hydrogen-bond donors (Lipinski definition) is 2. The minimum Gasteiger partial charge on any atom is -0.500 e. The van der Waals surface area contributed by atoms with Crippen molar-refractivity contribution in [3.05, 3.63) is 52.9 Å². The zero-order valence-electron chi connectivity index (χ0n) is 13.0. The predicted molar refractivity (Wildman–Crippen MR) is 86.1 cm³/mol. The number of ether oxygens (including phenoxy) is 3. The van der Waals surface area contributed by atoms with E-state index in [0.29, 0.717) is 16.3 Å². The topological polar surface area (TPSA) is 90.2 Å². The number of aromatic hydroxyl groups is 2. The fourth-order valence-electron chi connectivity index (χ4n) is 1.99. The largest absolute Gasteiger partial charge is 0.500 e. The smallest absolute Gasteiger partial charge is 0.377 e. The average molecular weight is 354 g/mol. The van der Waals surface area contributed by atoms with Gasteiger partial charge in [-0.1, -0.05) is 11.6 Å². The Morgan fingerprint density at radius 2 is 1.88 bits per heavy atom. The molecular weight excluding hydrogens is 338 g/mol. The molecule has 0 amide bonds. The summed E-state index contributed by atoms with van der Waals surface area (Å²) in [6.07, 6.45) is 1.11. The van der Waals surface area contributed by atoms with E-state index in [1.807, 2.05) is 0 Å². The molecule has 24 heavy (non-hydrogen) atoms. The van der Waals surface area contributed by atoms with Gasteiger partial charge in [-0.05, 0) is 18.2 Å². The van der Waals surface area contributed by atoms with Gasteiger partial charge in [0.2, 0.25) is 5.76 Å². The lowest BCUT2D eigenvalue weighted by Gasteiger charge is -2.14. The van der Waals surface area contributed by atoms with E-state index in [9.17, 15) is 15.0 Å². The Labute approximate surface area is 143 Å². The van der Waals surface area contributed by atoms with Gasteiger partial charge in [0.15, 0.2) is 11.8 Å². The predicted octanol–water partition coefficient (Wildman–Crippen LogP) is 2.64. The second kappa shape index (κ2) is 7.65. The molecule has 0 spiro atoms. The molecule has 7 nitrogen and oxygen atoms in total. The molecule has 1 aromatic heterocycles. The zero-order valence-corrected chi connectivity index (χ0v) is 13.8. The minimum absolute atomic E-state index is 0.0714. The lowest BCUT2D eigenvalue weighted by atomic mass is 10.2. The first-order valence-corrected chi connectivity index (χ1v) is 7.19. The van der Waals surface area contributed by atoms with Crippen LogP contribution in [0, 0.1) is 0 Å². The summed E-state index contributed by atoms with van der Waals surface area (Å²) in [6, 6.07) is 7.44. The van der Waals surface area contributed by atoms with E-state index in [4.69, 9.17) is 21.1 Å². The summed E-state index contributed by atoms with van der Waals surface area (Å²) in [6.45, 7) is 0.0714. The van der Waals surface area contributed by atoms with Crippen LogP contribution in [0.3, 0.4) is 0 Å². The van der Waals surface area contributed by atoms with Gasteiger partial charge < -0.3 is 24.4 Å². The molecule has 0 bridgehead atoms. The van der Waals surface area contributed by atoms with Crippen LogP contribution in [0.15, 0.2) is 42.4 Å². The first kappa shape index (κ1) is 17.6. The van der Waals surface area contributed by atoms with E-state index in [2.05, 4.69) is 4.74 Å². The third-order valence-corrected chi connectivity index (χ3v) is 3.35. The zero-order chi connectivity index (χ0) is 17.7. The number of methoxy groups -OCH3 is 2. The van der Waals surface area contributed by atoms with Crippen LogP contribution >= 0.6 is 11.6 Å². The molecule has 0 aliphatic rings. The van der Waals surface area contributed by atoms with E-state index in [-0.39, 0.29) is 24.1 Å². The average Bonchev–Trinajstić information content (AvgIpc) is 2.87. The summed E-state index contributed by atoms with van der Waals surface area (Å²) < 4.78 is 16.2. The maximum atomic E-state index is 11.7. The number of halogens is 1. The molecule has 0 fully saturated rings. The molecule has 0 saturated carbocycles. The highest BCUT2D eigenvalue weighted by molar-refractivity contribution is 6.30. The molecule has 0 saturated heterocycles. The van der Waals surface area contributed by atoms with Crippen LogP contribution in [0.2, 0.25) is 5.02 Å². The fourth-order valence-corrected chi connectivity index (χ4v) is 2.18. The highest BCUT2D eigenvalue weighted by Gasteiger charge is 2.17. The Bertz CT molecular complexity index is 748. The van der Waals surface area contributed by atoms with Crippen LogP contribution in [0.4, 0.5) is 0 Å². The van der Waals surface area contributed by atoms with Crippen LogP contribution < -0.4 is 4.74 Å². The van der Waals surface area contributed by atoms with Gasteiger partial charge in [-0.15, -0.1) is 0 Å². The second-order valence-corrected chi connectivity index (χ2v) is 5.14. The van der Waals surface area contributed by atoms with E-state index < -0.39 is 5.97 Å². The molecule has 2 rings (SSSR count). The van der Waals surface area contributed by atoms with Crippen LogP contribution in [-0.2, 0) is 20.8 Å². The molecule has 1 aromatic carbocycles. The molecule has 2 aromatic rings. The molecule has 0 radical (unpaired) electrons. The highest BCUT2D eigenvalue weighted by atomic mass is 35.5. The van der Waals surface area contributed by atoms with Gasteiger partial charge in [0.1, 0.15) is 12.0 Å². The maximum Gasteiger partial charge on any atom is 0.377 e. The fraction of sp³-hybridized carbons (Fsp3) is 0.188. The summed E-state index contributed by atoms with van der Waals surface area (Å²) in [5.74, 6) is -0.840. The molecule has 2 N–H and O–H groups in total. The first-order valence-electron chi connectivity index (χ1n) is 6.81. The molecule has 8 heteroatoms. The van der Waals surface area contributed by atoms with Crippen molar-refractivity contribution in [2.24, 2.45) is 0 Å². The third kappa shape index (κ3) is 3.94. The summed E-state index contributed by atoms with van der Waals surface area (Å²) >= 11 is 6.00. The molecule has 0 aliphatic heterocycles. The summed E-state index contributed by atoms with van der Waals surface area (Å²) in [7, 11) is 2.58. The minimum atomic E-state index is -0.718. The molecule has 0 atom stereocenters. The van der Waals surface area contributed by atoms with Gasteiger partial charge >= 0.3 is 5.97 Å². The van der Waals surface area contributed by atoms with Crippen LogP contribution in [0.25, 0.3) is 0 Å². The van der Waals surface area contributed by atoms with Crippen molar-refractivity contribution >= 4 is 17.6 Å². The Morgan fingerprint density at radius 3 is 2.46 bits per heavy atom. The Kier molecular flexibility index (Phi) is 5.59. The van der Waals surface area contributed by atoms with Gasteiger partial charge in [0.25, 0.3) is 0 Å². The number of nitrogens with zero attached hydrogens (tertiary/aromatic N) is 1. The number of rotatable bonds is 6. The van der Waals surface area contributed by atoms with Crippen LogP contribution in [0.5, 0.6) is 17.5 Å². The normalized spacial score (nSPS) is 11.2. The maximum absolute atomic E-state index is 11.7. The van der Waals surface area contributed by atoms with Gasteiger partial charge in [0, 0.05) is 22.7 Å². The molecule has 0 unspecified atom stereocenters. The quantitative estimate of drug-likeness (QED) is 0.471. The number of benzene rings is 1. The number of hydrogen-bond acceptors (Lipinski definition) is 6.